The van der Waals surface area contributed by atoms with Gasteiger partial charge in [-0.3, -0.25) is 0 Å². The van der Waals surface area contributed by atoms with Crippen LogP contribution in [0.25, 0.3) is 10.8 Å². The number of hydrogen-bond donors (Lipinski definition) is 0. The van der Waals surface area contributed by atoms with Crippen LogP contribution in [0.4, 0.5) is 0 Å². The molecule has 0 N–H and O–H groups in total. The molecule has 19 heavy (non-hydrogen) atoms. The van der Waals surface area contributed by atoms with Crippen molar-refractivity contribution in [2.24, 2.45) is 0 Å². The highest BCUT2D eigenvalue weighted by Crippen LogP contribution is 2.11. The molecular weight excluding hydrogens is 256 g/mol. The second-order valence-corrected chi connectivity index (χ2v) is 6.16. The first-order valence-corrected chi connectivity index (χ1v) is 7.77. The van der Waals surface area contributed by atoms with E-state index < -0.39 is 9.84 Å². The van der Waals surface area contributed by atoms with Gasteiger partial charge in [-0.25, -0.2) is 8.42 Å². The standard InChI is InChI=1S/C10H8.C6H10O2S/c1-2-6-10-8-4-3-7-9(10)5-1;1-3-5-9(7,8)6-4-2/h1-8H;3-4H,1-2,5-6H2. The molecule has 0 saturated carbocycles. The molecular formula is C16H18O2S. The predicted molar refractivity (Wildman–Crippen MR) is 83.0 cm³/mol. The molecule has 2 rings (SSSR count). The average Bonchev–Trinajstić information content (AvgIpc) is 2.39. The van der Waals surface area contributed by atoms with Gasteiger partial charge in [-0.15, -0.1) is 13.2 Å². The van der Waals surface area contributed by atoms with Crippen LogP contribution in [-0.4, -0.2) is 19.9 Å². The van der Waals surface area contributed by atoms with Gasteiger partial charge in [0.2, 0.25) is 0 Å². The molecule has 0 amide bonds. The summed E-state index contributed by atoms with van der Waals surface area (Å²) < 4.78 is 21.4. The second kappa shape index (κ2) is 7.54. The van der Waals surface area contributed by atoms with Crippen molar-refractivity contribution < 1.29 is 8.42 Å². The lowest BCUT2D eigenvalue weighted by Crippen LogP contribution is -2.06. The molecule has 0 aromatic heterocycles. The molecule has 0 spiro atoms. The van der Waals surface area contributed by atoms with E-state index in [1.807, 2.05) is 0 Å². The summed E-state index contributed by atoms with van der Waals surface area (Å²) in [5.41, 5.74) is 0. The van der Waals surface area contributed by atoms with Crippen LogP contribution in [0, 0.1) is 0 Å². The lowest BCUT2D eigenvalue weighted by molar-refractivity contribution is 0.602. The van der Waals surface area contributed by atoms with Crippen LogP contribution in [0.15, 0.2) is 73.8 Å². The maximum Gasteiger partial charge on any atom is 0.157 e. The predicted octanol–water partition coefficient (Wildman–Crippen LogP) is 3.61. The van der Waals surface area contributed by atoms with Crippen LogP contribution in [-0.2, 0) is 9.84 Å². The van der Waals surface area contributed by atoms with E-state index in [2.05, 4.69) is 61.7 Å². The van der Waals surface area contributed by atoms with Crippen molar-refractivity contribution in [1.29, 1.82) is 0 Å². The third kappa shape index (κ3) is 5.53. The van der Waals surface area contributed by atoms with Gasteiger partial charge in [-0.1, -0.05) is 60.7 Å². The maximum atomic E-state index is 10.7. The van der Waals surface area contributed by atoms with Gasteiger partial charge in [-0.2, -0.15) is 0 Å². The Kier molecular flexibility index (Phi) is 6.03. The molecule has 0 radical (unpaired) electrons. The Morgan fingerprint density at radius 3 is 1.37 bits per heavy atom. The van der Waals surface area contributed by atoms with E-state index in [0.29, 0.717) is 0 Å². The quantitative estimate of drug-likeness (QED) is 0.798. The van der Waals surface area contributed by atoms with E-state index in [1.54, 1.807) is 0 Å². The normalized spacial score (nSPS) is 10.3. The van der Waals surface area contributed by atoms with Gasteiger partial charge in [0, 0.05) is 0 Å². The first-order chi connectivity index (χ1) is 9.09. The van der Waals surface area contributed by atoms with Crippen LogP contribution in [0.1, 0.15) is 0 Å². The van der Waals surface area contributed by atoms with Crippen LogP contribution < -0.4 is 0 Å². The van der Waals surface area contributed by atoms with Crippen LogP contribution in [0.2, 0.25) is 0 Å². The molecule has 2 aromatic rings. The molecule has 0 aliphatic heterocycles. The van der Waals surface area contributed by atoms with Crippen molar-refractivity contribution in [3.05, 3.63) is 73.8 Å². The Balaban J connectivity index is 0.000000192. The van der Waals surface area contributed by atoms with Gasteiger partial charge < -0.3 is 0 Å². The van der Waals surface area contributed by atoms with E-state index in [1.165, 1.54) is 22.9 Å². The summed E-state index contributed by atoms with van der Waals surface area (Å²) in [5.74, 6) is 0.0814. The highest BCUT2D eigenvalue weighted by atomic mass is 32.2. The maximum absolute atomic E-state index is 10.7. The van der Waals surface area contributed by atoms with Crippen molar-refractivity contribution in [3.63, 3.8) is 0 Å². The molecule has 0 atom stereocenters. The number of fused-ring (bicyclic) bond motifs is 1. The zero-order chi connectivity index (χ0) is 14.1. The molecule has 0 saturated heterocycles. The molecule has 0 aliphatic rings. The number of rotatable bonds is 4. The summed E-state index contributed by atoms with van der Waals surface area (Å²) in [6, 6.07) is 16.7. The number of sulfone groups is 1. The lowest BCUT2D eigenvalue weighted by atomic mass is 10.1. The molecule has 2 aromatic carbocycles. The molecule has 0 aliphatic carbocycles. The Morgan fingerprint density at radius 1 is 0.789 bits per heavy atom. The van der Waals surface area contributed by atoms with Gasteiger partial charge in [-0.05, 0) is 10.8 Å². The molecule has 0 bridgehead atoms. The van der Waals surface area contributed by atoms with E-state index in [9.17, 15) is 8.42 Å². The second-order valence-electron chi connectivity index (χ2n) is 4.00. The lowest BCUT2D eigenvalue weighted by Gasteiger charge is -1.92. The molecule has 2 nitrogen and oxygen atoms in total. The summed E-state index contributed by atoms with van der Waals surface area (Å²) in [4.78, 5) is 0. The van der Waals surface area contributed by atoms with Crippen molar-refractivity contribution in [3.8, 4) is 0 Å². The summed E-state index contributed by atoms with van der Waals surface area (Å²) >= 11 is 0. The minimum atomic E-state index is -2.92. The van der Waals surface area contributed by atoms with Crippen LogP contribution in [0.3, 0.4) is 0 Å². The Labute approximate surface area is 115 Å². The summed E-state index contributed by atoms with van der Waals surface area (Å²) in [7, 11) is -2.92. The van der Waals surface area contributed by atoms with Gasteiger partial charge in [0.05, 0.1) is 11.5 Å². The fraction of sp³-hybridized carbons (Fsp3) is 0.125. The average molecular weight is 274 g/mol. The molecule has 0 heterocycles. The summed E-state index contributed by atoms with van der Waals surface area (Å²) in [6.45, 7) is 6.63. The third-order valence-corrected chi connectivity index (χ3v) is 3.89. The zero-order valence-electron chi connectivity index (χ0n) is 10.8. The SMILES string of the molecule is C=CCS(=O)(=O)CC=C.c1ccc2ccccc2c1. The molecule has 0 unspecified atom stereocenters. The van der Waals surface area contributed by atoms with Crippen LogP contribution in [0.5, 0.6) is 0 Å². The van der Waals surface area contributed by atoms with Crippen molar-refractivity contribution in [2.45, 2.75) is 0 Å². The first-order valence-electron chi connectivity index (χ1n) is 5.95. The topological polar surface area (TPSA) is 34.1 Å². The van der Waals surface area contributed by atoms with Gasteiger partial charge in [0.25, 0.3) is 0 Å². The summed E-state index contributed by atoms with van der Waals surface area (Å²) in [5, 5.41) is 2.62. The Bertz CT molecular complexity index is 561. The van der Waals surface area contributed by atoms with E-state index in [-0.39, 0.29) is 11.5 Å². The highest BCUT2D eigenvalue weighted by Gasteiger charge is 2.02. The number of benzene rings is 2. The van der Waals surface area contributed by atoms with Crippen molar-refractivity contribution in [1.82, 2.24) is 0 Å². The third-order valence-electron chi connectivity index (χ3n) is 2.40. The van der Waals surface area contributed by atoms with Crippen molar-refractivity contribution >= 4 is 20.6 Å². The van der Waals surface area contributed by atoms with E-state index >= 15 is 0 Å². The monoisotopic (exact) mass is 274 g/mol. The minimum Gasteiger partial charge on any atom is -0.228 e. The minimum absolute atomic E-state index is 0.0407. The Morgan fingerprint density at radius 2 is 1.11 bits per heavy atom. The van der Waals surface area contributed by atoms with Gasteiger partial charge >= 0.3 is 0 Å². The van der Waals surface area contributed by atoms with Gasteiger partial charge in [0.15, 0.2) is 9.84 Å². The van der Waals surface area contributed by atoms with Crippen LogP contribution >= 0.6 is 0 Å². The number of hydrogen-bond acceptors (Lipinski definition) is 2. The smallest absolute Gasteiger partial charge is 0.157 e. The highest BCUT2D eigenvalue weighted by molar-refractivity contribution is 7.91. The van der Waals surface area contributed by atoms with Gasteiger partial charge in [0.1, 0.15) is 0 Å². The molecule has 0 fully saturated rings. The fourth-order valence-electron chi connectivity index (χ4n) is 1.56. The Hall–Kier alpha value is -1.87. The van der Waals surface area contributed by atoms with Crippen molar-refractivity contribution in [2.75, 3.05) is 11.5 Å². The summed E-state index contributed by atoms with van der Waals surface area (Å²) in [6.07, 6.45) is 2.75. The fourth-order valence-corrected chi connectivity index (χ4v) is 2.41. The largest absolute Gasteiger partial charge is 0.228 e. The van der Waals surface area contributed by atoms with E-state index in [0.717, 1.165) is 0 Å². The molecule has 3 heteroatoms. The first kappa shape index (κ1) is 15.2. The van der Waals surface area contributed by atoms with E-state index in [4.69, 9.17) is 0 Å². The zero-order valence-corrected chi connectivity index (χ0v) is 11.6. The molecule has 100 valence electrons.